The van der Waals surface area contributed by atoms with Crippen molar-refractivity contribution in [2.75, 3.05) is 11.5 Å². The number of benzene rings is 4. The van der Waals surface area contributed by atoms with Crippen molar-refractivity contribution in [3.05, 3.63) is 137 Å². The summed E-state index contributed by atoms with van der Waals surface area (Å²) in [6, 6.07) is 31.7. The molecule has 0 spiro atoms. The van der Waals surface area contributed by atoms with E-state index >= 15 is 0 Å². The Labute approximate surface area is 243 Å². The summed E-state index contributed by atoms with van der Waals surface area (Å²) in [5, 5.41) is 2.82. The highest BCUT2D eigenvalue weighted by Gasteiger charge is 2.62. The third-order valence-corrected chi connectivity index (χ3v) is 8.82. The number of imide groups is 1. The predicted molar refractivity (Wildman–Crippen MR) is 156 cm³/mol. The molecular formula is C35H28N2O5. The Balaban J connectivity index is 1.15. The van der Waals surface area contributed by atoms with E-state index in [4.69, 9.17) is 4.74 Å². The van der Waals surface area contributed by atoms with Crippen LogP contribution in [0.25, 0.3) is 0 Å². The van der Waals surface area contributed by atoms with E-state index in [2.05, 4.69) is 29.6 Å². The number of para-hydroxylation sites is 1. The normalized spacial score (nSPS) is 22.2. The molecule has 0 aromatic heterocycles. The quantitative estimate of drug-likeness (QED) is 0.263. The smallest absolute Gasteiger partial charge is 0.340 e. The number of rotatable bonds is 6. The van der Waals surface area contributed by atoms with Crippen LogP contribution in [-0.2, 0) is 19.1 Å². The fourth-order valence-corrected chi connectivity index (χ4v) is 7.07. The van der Waals surface area contributed by atoms with Gasteiger partial charge in [-0.2, -0.15) is 0 Å². The van der Waals surface area contributed by atoms with Gasteiger partial charge in [0.15, 0.2) is 6.61 Å². The minimum Gasteiger partial charge on any atom is -0.452 e. The van der Waals surface area contributed by atoms with E-state index in [0.29, 0.717) is 0 Å². The largest absolute Gasteiger partial charge is 0.452 e. The first kappa shape index (κ1) is 25.9. The molecule has 1 fully saturated rings. The van der Waals surface area contributed by atoms with Gasteiger partial charge in [0.1, 0.15) is 0 Å². The van der Waals surface area contributed by atoms with Gasteiger partial charge in [0.25, 0.3) is 5.91 Å². The molecule has 0 saturated carbocycles. The third-order valence-electron chi connectivity index (χ3n) is 8.82. The molecule has 7 nitrogen and oxygen atoms in total. The van der Waals surface area contributed by atoms with E-state index in [9.17, 15) is 19.2 Å². The summed E-state index contributed by atoms with van der Waals surface area (Å²) in [7, 11) is 0. The lowest BCUT2D eigenvalue weighted by atomic mass is 9.55. The summed E-state index contributed by atoms with van der Waals surface area (Å²) < 4.78 is 5.37. The number of esters is 1. The molecule has 3 amide bonds. The maximum Gasteiger partial charge on any atom is 0.340 e. The van der Waals surface area contributed by atoms with Gasteiger partial charge in [-0.15, -0.1) is 0 Å². The fourth-order valence-electron chi connectivity index (χ4n) is 7.07. The summed E-state index contributed by atoms with van der Waals surface area (Å²) >= 11 is 0. The van der Waals surface area contributed by atoms with Crippen molar-refractivity contribution in [3.8, 4) is 0 Å². The van der Waals surface area contributed by atoms with Crippen molar-refractivity contribution in [1.82, 2.24) is 5.32 Å². The van der Waals surface area contributed by atoms with Gasteiger partial charge >= 0.3 is 5.97 Å². The number of anilines is 1. The van der Waals surface area contributed by atoms with Crippen molar-refractivity contribution >= 4 is 29.4 Å². The molecule has 8 rings (SSSR count). The zero-order valence-electron chi connectivity index (χ0n) is 22.9. The lowest BCUT2D eigenvalue weighted by molar-refractivity contribution is -0.125. The summed E-state index contributed by atoms with van der Waals surface area (Å²) in [6.45, 7) is 1.35. The monoisotopic (exact) mass is 556 g/mol. The number of amides is 3. The fraction of sp³-hybridized carbons (Fsp3) is 0.200. The highest BCUT2D eigenvalue weighted by atomic mass is 16.5. The topological polar surface area (TPSA) is 92.8 Å². The number of nitrogens with zero attached hydrogens (tertiary/aromatic N) is 1. The highest BCUT2D eigenvalue weighted by molar-refractivity contribution is 6.25. The molecule has 2 bridgehead atoms. The van der Waals surface area contributed by atoms with Gasteiger partial charge in [-0.1, -0.05) is 91.0 Å². The van der Waals surface area contributed by atoms with Crippen molar-refractivity contribution in [1.29, 1.82) is 0 Å². The molecule has 3 aliphatic carbocycles. The van der Waals surface area contributed by atoms with Gasteiger partial charge in [0, 0.05) is 11.8 Å². The first-order chi connectivity index (χ1) is 20.5. The summed E-state index contributed by atoms with van der Waals surface area (Å²) in [5.41, 5.74) is 5.47. The molecule has 208 valence electrons. The van der Waals surface area contributed by atoms with E-state index in [1.807, 2.05) is 61.5 Å². The van der Waals surface area contributed by atoms with Crippen molar-refractivity contribution in [2.45, 2.75) is 24.8 Å². The molecule has 0 unspecified atom stereocenters. The second-order valence-corrected chi connectivity index (χ2v) is 11.1. The Kier molecular flexibility index (Phi) is 6.23. The average molecular weight is 557 g/mol. The minimum absolute atomic E-state index is 0.0594. The molecule has 1 aliphatic heterocycles. The van der Waals surface area contributed by atoms with E-state index < -0.39 is 30.3 Å². The number of carbonyl (C=O) groups excluding carboxylic acids is 4. The van der Waals surface area contributed by atoms with Gasteiger partial charge in [-0.05, 0) is 46.9 Å². The van der Waals surface area contributed by atoms with Crippen LogP contribution in [0.15, 0.2) is 103 Å². The van der Waals surface area contributed by atoms with E-state index in [1.54, 1.807) is 18.2 Å². The summed E-state index contributed by atoms with van der Waals surface area (Å²) in [4.78, 5) is 55.3. The molecule has 42 heavy (non-hydrogen) atoms. The molecule has 4 aromatic carbocycles. The highest BCUT2D eigenvalue weighted by Crippen LogP contribution is 2.61. The predicted octanol–water partition coefficient (Wildman–Crippen LogP) is 5.12. The summed E-state index contributed by atoms with van der Waals surface area (Å²) in [6.07, 6.45) is 0. The molecule has 1 heterocycles. The van der Waals surface area contributed by atoms with Crippen LogP contribution in [0, 0.1) is 11.8 Å². The second-order valence-electron chi connectivity index (χ2n) is 11.1. The van der Waals surface area contributed by atoms with E-state index in [-0.39, 0.29) is 40.9 Å². The van der Waals surface area contributed by atoms with Crippen molar-refractivity contribution in [2.24, 2.45) is 11.8 Å². The van der Waals surface area contributed by atoms with Crippen LogP contribution in [0.5, 0.6) is 0 Å². The van der Waals surface area contributed by atoms with Crippen LogP contribution < -0.4 is 10.2 Å². The zero-order chi connectivity index (χ0) is 29.0. The molecule has 1 N–H and O–H groups in total. The molecule has 4 aliphatic rings. The van der Waals surface area contributed by atoms with Crippen LogP contribution in [0.3, 0.4) is 0 Å². The summed E-state index contributed by atoms with van der Waals surface area (Å²) in [5.74, 6) is -3.51. The van der Waals surface area contributed by atoms with E-state index in [1.165, 1.54) is 11.0 Å². The third kappa shape index (κ3) is 3.96. The lowest BCUT2D eigenvalue weighted by Crippen LogP contribution is -2.41. The van der Waals surface area contributed by atoms with Crippen molar-refractivity contribution in [3.63, 3.8) is 0 Å². The molecule has 1 saturated heterocycles. The first-order valence-electron chi connectivity index (χ1n) is 14.1. The van der Waals surface area contributed by atoms with Gasteiger partial charge in [-0.25, -0.2) is 9.69 Å². The number of hydrogen-bond donors (Lipinski definition) is 1. The van der Waals surface area contributed by atoms with Crippen LogP contribution >= 0.6 is 0 Å². The van der Waals surface area contributed by atoms with Gasteiger partial charge in [-0.3, -0.25) is 14.4 Å². The van der Waals surface area contributed by atoms with Crippen LogP contribution in [0.4, 0.5) is 5.69 Å². The number of nitrogens with one attached hydrogen (secondary N) is 1. The molecular weight excluding hydrogens is 528 g/mol. The van der Waals surface area contributed by atoms with Crippen molar-refractivity contribution < 1.29 is 23.9 Å². The Morgan fingerprint density at radius 3 is 1.74 bits per heavy atom. The molecule has 3 atom stereocenters. The first-order valence-corrected chi connectivity index (χ1v) is 14.1. The average Bonchev–Trinajstić information content (AvgIpc) is 3.30. The standard InChI is InChI=1S/C35H28N2O5/c1-20(21-11-3-2-4-12-21)36-28(38)19-42-35(41)26-17-9-10-18-27(26)37-33(39)31-29-22-13-5-6-14-23(22)30(32(31)34(37)40)25-16-8-7-15-24(25)29/h2-18,20,29-32H,19H2,1H3,(H,36,38)/t20-,29?,30?,31+,32+/m0/s1. The zero-order valence-corrected chi connectivity index (χ0v) is 22.9. The van der Waals surface area contributed by atoms with E-state index in [0.717, 1.165) is 27.8 Å². The van der Waals surface area contributed by atoms with Crippen LogP contribution in [0.1, 0.15) is 63.0 Å². The van der Waals surface area contributed by atoms with Crippen LogP contribution in [0.2, 0.25) is 0 Å². The minimum atomic E-state index is -0.780. The molecule has 7 heteroatoms. The van der Waals surface area contributed by atoms with Gasteiger partial charge in [0.05, 0.1) is 29.1 Å². The number of hydrogen-bond acceptors (Lipinski definition) is 5. The Morgan fingerprint density at radius 1 is 0.714 bits per heavy atom. The maximum absolute atomic E-state index is 14.1. The lowest BCUT2D eigenvalue weighted by Gasteiger charge is -2.45. The Hall–Kier alpha value is -5.04. The Morgan fingerprint density at radius 2 is 1.19 bits per heavy atom. The van der Waals surface area contributed by atoms with Gasteiger partial charge in [0.2, 0.25) is 11.8 Å². The molecule has 0 radical (unpaired) electrons. The number of carbonyl (C=O) groups is 4. The molecule has 4 aromatic rings. The number of ether oxygens (including phenoxy) is 1. The van der Waals surface area contributed by atoms with Gasteiger partial charge < -0.3 is 10.1 Å². The SMILES string of the molecule is C[C@H](NC(=O)COC(=O)c1ccccc1N1C(=O)[C@@H]2C3c4ccccc4C(c4ccccc43)[C@H]2C1=O)c1ccccc1. The van der Waals surface area contributed by atoms with Crippen LogP contribution in [-0.4, -0.2) is 30.3 Å². The second kappa shape index (κ2) is 10.1. The maximum atomic E-state index is 14.1. The Bertz CT molecular complexity index is 1630.